The van der Waals surface area contributed by atoms with Crippen LogP contribution in [0.3, 0.4) is 0 Å². The first-order valence-electron chi connectivity index (χ1n) is 10.7. The zero-order valence-electron chi connectivity index (χ0n) is 18.2. The van der Waals surface area contributed by atoms with Gasteiger partial charge in [-0.15, -0.1) is 35.3 Å². The molecule has 3 heterocycles. The molecule has 0 saturated carbocycles. The summed E-state index contributed by atoms with van der Waals surface area (Å²) in [6.07, 6.45) is 0. The van der Waals surface area contributed by atoms with E-state index in [9.17, 15) is 0 Å². The maximum Gasteiger partial charge on any atom is 0.191 e. The number of morpholine rings is 1. The van der Waals surface area contributed by atoms with Crippen LogP contribution in [0.5, 0.6) is 0 Å². The van der Waals surface area contributed by atoms with E-state index in [1.807, 2.05) is 36.4 Å². The summed E-state index contributed by atoms with van der Waals surface area (Å²) >= 11 is 1.80. The van der Waals surface area contributed by atoms with Crippen molar-refractivity contribution in [3.8, 4) is 11.3 Å². The lowest BCUT2D eigenvalue weighted by atomic mass is 10.2. The molecule has 9 heteroatoms. The van der Waals surface area contributed by atoms with Gasteiger partial charge >= 0.3 is 0 Å². The number of benzene rings is 1. The Kier molecular flexibility index (Phi) is 9.97. The molecule has 0 radical (unpaired) electrons. The number of nitrogens with zero attached hydrogens (tertiary/aromatic N) is 3. The second-order valence-electron chi connectivity index (χ2n) is 7.30. The molecule has 0 amide bonds. The average molecular weight is 567 g/mol. The Bertz CT molecular complexity index is 942. The van der Waals surface area contributed by atoms with E-state index in [0.717, 1.165) is 62.4 Å². The number of guanidine groups is 1. The van der Waals surface area contributed by atoms with E-state index in [0.29, 0.717) is 12.6 Å². The SMILES string of the molecule is CCNC(=NCc1cc(-c2ccccc2)on1)NCC(c1cccs1)N1CCOCC1.I. The summed E-state index contributed by atoms with van der Waals surface area (Å²) < 4.78 is 11.0. The molecule has 3 aromatic rings. The van der Waals surface area contributed by atoms with Crippen molar-refractivity contribution >= 4 is 41.3 Å². The van der Waals surface area contributed by atoms with Gasteiger partial charge in [-0.1, -0.05) is 41.6 Å². The smallest absolute Gasteiger partial charge is 0.191 e. The molecule has 1 saturated heterocycles. The van der Waals surface area contributed by atoms with Gasteiger partial charge in [0.05, 0.1) is 25.8 Å². The highest BCUT2D eigenvalue weighted by atomic mass is 127. The van der Waals surface area contributed by atoms with Crippen LogP contribution in [0.2, 0.25) is 0 Å². The first kappa shape index (κ1) is 24.7. The van der Waals surface area contributed by atoms with E-state index in [4.69, 9.17) is 14.3 Å². The van der Waals surface area contributed by atoms with Crippen LogP contribution in [-0.2, 0) is 11.3 Å². The van der Waals surface area contributed by atoms with Gasteiger partial charge in [0, 0.05) is 42.7 Å². The average Bonchev–Trinajstić information content (AvgIpc) is 3.52. The largest absolute Gasteiger partial charge is 0.379 e. The number of aromatic nitrogens is 1. The third-order valence-corrected chi connectivity index (χ3v) is 6.16. The molecule has 172 valence electrons. The van der Waals surface area contributed by atoms with E-state index in [-0.39, 0.29) is 24.0 Å². The molecule has 32 heavy (non-hydrogen) atoms. The Hall–Kier alpha value is -1.95. The number of hydrogen-bond donors (Lipinski definition) is 2. The van der Waals surface area contributed by atoms with Crippen molar-refractivity contribution in [3.63, 3.8) is 0 Å². The lowest BCUT2D eigenvalue weighted by Gasteiger charge is -2.34. The molecular formula is C23H30IN5O2S. The van der Waals surface area contributed by atoms with Gasteiger partial charge in [-0.3, -0.25) is 4.90 Å². The monoisotopic (exact) mass is 567 g/mol. The van der Waals surface area contributed by atoms with Crippen molar-refractivity contribution in [1.82, 2.24) is 20.7 Å². The van der Waals surface area contributed by atoms with Crippen molar-refractivity contribution in [3.05, 3.63) is 64.5 Å². The predicted molar refractivity (Wildman–Crippen MR) is 140 cm³/mol. The van der Waals surface area contributed by atoms with Crippen molar-refractivity contribution < 1.29 is 9.26 Å². The zero-order valence-corrected chi connectivity index (χ0v) is 21.3. The van der Waals surface area contributed by atoms with Crippen LogP contribution >= 0.6 is 35.3 Å². The highest BCUT2D eigenvalue weighted by molar-refractivity contribution is 14.0. The number of hydrogen-bond acceptors (Lipinski definition) is 6. The highest BCUT2D eigenvalue weighted by Crippen LogP contribution is 2.25. The standard InChI is InChI=1S/C23H29N5O2S.HI/c1-2-24-23(25-16-19-15-21(30-27-19)18-7-4-3-5-8-18)26-17-20(22-9-6-14-31-22)28-10-12-29-13-11-28;/h3-9,14-15,20H,2,10-13,16-17H2,1H3,(H2,24,25,26);1H. The summed E-state index contributed by atoms with van der Waals surface area (Å²) in [7, 11) is 0. The van der Waals surface area contributed by atoms with Crippen LogP contribution in [0.15, 0.2) is 63.4 Å². The van der Waals surface area contributed by atoms with E-state index < -0.39 is 0 Å². The van der Waals surface area contributed by atoms with E-state index in [1.54, 1.807) is 11.3 Å². The van der Waals surface area contributed by atoms with E-state index >= 15 is 0 Å². The van der Waals surface area contributed by atoms with Crippen LogP contribution in [0.25, 0.3) is 11.3 Å². The molecular weight excluding hydrogens is 537 g/mol. The van der Waals surface area contributed by atoms with Crippen LogP contribution in [0.4, 0.5) is 0 Å². The first-order valence-corrected chi connectivity index (χ1v) is 11.6. The molecule has 1 aliphatic heterocycles. The minimum absolute atomic E-state index is 0. The fourth-order valence-electron chi connectivity index (χ4n) is 3.60. The van der Waals surface area contributed by atoms with Crippen LogP contribution < -0.4 is 10.6 Å². The number of halogens is 1. The van der Waals surface area contributed by atoms with Crippen molar-refractivity contribution in [1.29, 1.82) is 0 Å². The van der Waals surface area contributed by atoms with Crippen molar-refractivity contribution in [2.45, 2.75) is 19.5 Å². The summed E-state index contributed by atoms with van der Waals surface area (Å²) in [4.78, 5) is 8.56. The molecule has 0 bridgehead atoms. The maximum atomic E-state index is 5.54. The number of nitrogens with one attached hydrogen (secondary N) is 2. The minimum Gasteiger partial charge on any atom is -0.379 e. The number of rotatable bonds is 8. The van der Waals surface area contributed by atoms with Gasteiger partial charge in [0.1, 0.15) is 5.69 Å². The van der Waals surface area contributed by atoms with Gasteiger partial charge in [-0.05, 0) is 18.4 Å². The molecule has 2 N–H and O–H groups in total. The molecule has 0 spiro atoms. The Morgan fingerprint density at radius 2 is 1.97 bits per heavy atom. The number of aliphatic imine (C=N–C) groups is 1. The normalized spacial score (nSPS) is 15.7. The van der Waals surface area contributed by atoms with Gasteiger partial charge in [0.25, 0.3) is 0 Å². The molecule has 1 fully saturated rings. The van der Waals surface area contributed by atoms with Crippen molar-refractivity contribution in [2.24, 2.45) is 4.99 Å². The predicted octanol–water partition coefficient (Wildman–Crippen LogP) is 4.15. The fraction of sp³-hybridized carbons (Fsp3) is 0.391. The first-order chi connectivity index (χ1) is 15.3. The molecule has 0 aliphatic carbocycles. The second kappa shape index (κ2) is 12.9. The fourth-order valence-corrected chi connectivity index (χ4v) is 4.46. The third kappa shape index (κ3) is 6.77. The lowest BCUT2D eigenvalue weighted by Crippen LogP contribution is -2.46. The summed E-state index contributed by atoms with van der Waals surface area (Å²) in [5.41, 5.74) is 1.82. The lowest BCUT2D eigenvalue weighted by molar-refractivity contribution is 0.0177. The summed E-state index contributed by atoms with van der Waals surface area (Å²) in [6.45, 7) is 7.55. The van der Waals surface area contributed by atoms with Gasteiger partial charge in [-0.2, -0.15) is 0 Å². The van der Waals surface area contributed by atoms with Gasteiger partial charge in [0.15, 0.2) is 11.7 Å². The molecule has 4 rings (SSSR count). The molecule has 1 unspecified atom stereocenters. The Balaban J connectivity index is 0.00000289. The molecule has 1 aromatic carbocycles. The number of ether oxygens (including phenoxy) is 1. The molecule has 1 atom stereocenters. The third-order valence-electron chi connectivity index (χ3n) is 5.18. The Morgan fingerprint density at radius 1 is 1.16 bits per heavy atom. The maximum absolute atomic E-state index is 5.54. The highest BCUT2D eigenvalue weighted by Gasteiger charge is 2.23. The summed E-state index contributed by atoms with van der Waals surface area (Å²) in [6, 6.07) is 16.5. The Morgan fingerprint density at radius 3 is 2.69 bits per heavy atom. The van der Waals surface area contributed by atoms with E-state index in [1.165, 1.54) is 4.88 Å². The Labute approximate surface area is 210 Å². The molecule has 7 nitrogen and oxygen atoms in total. The molecule has 2 aromatic heterocycles. The summed E-state index contributed by atoms with van der Waals surface area (Å²) in [5.74, 6) is 1.54. The topological polar surface area (TPSA) is 74.9 Å². The quantitative estimate of drug-likeness (QED) is 0.242. The van der Waals surface area contributed by atoms with E-state index in [2.05, 4.69) is 45.1 Å². The van der Waals surface area contributed by atoms with Gasteiger partial charge < -0.3 is 19.9 Å². The molecule has 1 aliphatic rings. The van der Waals surface area contributed by atoms with Crippen LogP contribution in [0.1, 0.15) is 23.5 Å². The van der Waals surface area contributed by atoms with Crippen LogP contribution in [-0.4, -0.2) is 55.4 Å². The van der Waals surface area contributed by atoms with Gasteiger partial charge in [0.2, 0.25) is 0 Å². The number of thiophene rings is 1. The van der Waals surface area contributed by atoms with Crippen LogP contribution in [0, 0.1) is 0 Å². The second-order valence-corrected chi connectivity index (χ2v) is 8.28. The summed E-state index contributed by atoms with van der Waals surface area (Å²) in [5, 5.41) is 13.2. The zero-order chi connectivity index (χ0) is 21.3. The van der Waals surface area contributed by atoms with Crippen molar-refractivity contribution in [2.75, 3.05) is 39.4 Å². The minimum atomic E-state index is 0. The van der Waals surface area contributed by atoms with Gasteiger partial charge in [-0.25, -0.2) is 4.99 Å².